The van der Waals surface area contributed by atoms with E-state index in [9.17, 15) is 0 Å². The van der Waals surface area contributed by atoms with Crippen molar-refractivity contribution in [1.82, 2.24) is 18.8 Å². The monoisotopic (exact) mass is 296 g/mol. The first kappa shape index (κ1) is 12.6. The fraction of sp³-hybridized carbons (Fsp3) is 0.188. The van der Waals surface area contributed by atoms with E-state index < -0.39 is 0 Å². The van der Waals surface area contributed by atoms with Gasteiger partial charge in [-0.1, -0.05) is 18.2 Å². The number of nitrogens with one attached hydrogen (secondary N) is 1. The van der Waals surface area contributed by atoms with Gasteiger partial charge in [-0.3, -0.25) is 8.99 Å². The number of fused-ring (bicyclic) bond motifs is 2. The number of aryl methyl sites for hydroxylation is 1. The molecule has 2 aliphatic heterocycles. The number of benzene rings is 1. The molecule has 1 aromatic heterocycles. The Morgan fingerprint density at radius 3 is 2.95 bits per heavy atom. The van der Waals surface area contributed by atoms with Gasteiger partial charge in [0.05, 0.1) is 17.8 Å². The van der Waals surface area contributed by atoms with Gasteiger partial charge in [-0.15, -0.1) is 0 Å². The van der Waals surface area contributed by atoms with Crippen molar-refractivity contribution in [3.8, 4) is 0 Å². The summed E-state index contributed by atoms with van der Waals surface area (Å²) in [5.74, 6) is 0. The van der Waals surface area contributed by atoms with Crippen LogP contribution >= 0.6 is 12.1 Å². The lowest BCUT2D eigenvalue weighted by atomic mass is 9.93. The molecule has 0 radical (unpaired) electrons. The molecule has 0 aliphatic carbocycles. The van der Waals surface area contributed by atoms with E-state index in [0.717, 1.165) is 5.52 Å². The third kappa shape index (κ3) is 1.81. The van der Waals surface area contributed by atoms with E-state index in [4.69, 9.17) is 0 Å². The van der Waals surface area contributed by atoms with Crippen LogP contribution in [0.5, 0.6) is 0 Å². The van der Waals surface area contributed by atoms with Gasteiger partial charge in [-0.2, -0.15) is 5.10 Å². The average Bonchev–Trinajstić information content (AvgIpc) is 3.04. The van der Waals surface area contributed by atoms with E-state index in [0.29, 0.717) is 0 Å². The maximum Gasteiger partial charge on any atom is 0.100 e. The zero-order chi connectivity index (χ0) is 14.6. The summed E-state index contributed by atoms with van der Waals surface area (Å²) in [6, 6.07) is 6.37. The van der Waals surface area contributed by atoms with Crippen molar-refractivity contribution in [1.29, 1.82) is 0 Å². The van der Waals surface area contributed by atoms with Gasteiger partial charge < -0.3 is 4.72 Å². The minimum Gasteiger partial charge on any atom is -0.316 e. The lowest BCUT2D eigenvalue weighted by molar-refractivity contribution is 0.733. The summed E-state index contributed by atoms with van der Waals surface area (Å²) in [5.41, 5.74) is 7.22. The van der Waals surface area contributed by atoms with Gasteiger partial charge in [0.25, 0.3) is 0 Å². The Labute approximate surface area is 128 Å². The molecule has 1 aromatic carbocycles. The Bertz CT molecular complexity index is 841. The van der Waals surface area contributed by atoms with Crippen LogP contribution in [0.25, 0.3) is 16.5 Å². The van der Waals surface area contributed by atoms with Crippen LogP contribution in [0.4, 0.5) is 0 Å². The van der Waals surface area contributed by atoms with Gasteiger partial charge >= 0.3 is 0 Å². The van der Waals surface area contributed by atoms with Crippen molar-refractivity contribution in [2.75, 3.05) is 0 Å². The summed E-state index contributed by atoms with van der Waals surface area (Å²) in [7, 11) is 1.97. The molecule has 0 atom stereocenters. The Morgan fingerprint density at radius 1 is 1.24 bits per heavy atom. The van der Waals surface area contributed by atoms with Crippen LogP contribution in [0, 0.1) is 0 Å². The molecule has 4 nitrogen and oxygen atoms in total. The molecule has 21 heavy (non-hydrogen) atoms. The lowest BCUT2D eigenvalue weighted by Gasteiger charge is -2.27. The molecule has 0 unspecified atom stereocenters. The average molecular weight is 296 g/mol. The summed E-state index contributed by atoms with van der Waals surface area (Å²) in [5, 5.41) is 5.82. The zero-order valence-electron chi connectivity index (χ0n) is 12.2. The van der Waals surface area contributed by atoms with Crippen LogP contribution in [-0.4, -0.2) is 14.1 Å². The van der Waals surface area contributed by atoms with Gasteiger partial charge in [0, 0.05) is 41.7 Å². The second-order valence-electron chi connectivity index (χ2n) is 5.42. The quantitative estimate of drug-likeness (QED) is 0.816. The third-order valence-corrected chi connectivity index (χ3v) is 4.77. The molecule has 4 rings (SSSR count). The van der Waals surface area contributed by atoms with Crippen molar-refractivity contribution < 1.29 is 0 Å². The van der Waals surface area contributed by atoms with E-state index in [1.165, 1.54) is 33.5 Å². The summed E-state index contributed by atoms with van der Waals surface area (Å²) in [6.45, 7) is 4.30. The molecular weight excluding hydrogens is 280 g/mol. The van der Waals surface area contributed by atoms with Crippen LogP contribution in [0.2, 0.25) is 0 Å². The number of rotatable bonds is 1. The number of hydrogen-bond acceptors (Lipinski definition) is 4. The van der Waals surface area contributed by atoms with Gasteiger partial charge in [0.2, 0.25) is 0 Å². The molecule has 0 saturated carbocycles. The number of hydrogen-bond donors (Lipinski definition) is 1. The molecule has 106 valence electrons. The second kappa shape index (κ2) is 4.43. The fourth-order valence-electron chi connectivity index (χ4n) is 3.04. The van der Waals surface area contributed by atoms with Gasteiger partial charge in [0.1, 0.15) is 5.52 Å². The summed E-state index contributed by atoms with van der Waals surface area (Å²) < 4.78 is 7.35. The summed E-state index contributed by atoms with van der Waals surface area (Å²) >= 11 is 1.61. The Hall–Kier alpha value is -2.14. The van der Waals surface area contributed by atoms with Crippen LogP contribution in [-0.2, 0) is 7.05 Å². The molecule has 2 aliphatic rings. The molecule has 0 spiro atoms. The third-order valence-electron chi connectivity index (χ3n) is 3.87. The predicted molar refractivity (Wildman–Crippen MR) is 87.7 cm³/mol. The first-order valence-electron chi connectivity index (χ1n) is 6.90. The maximum absolute atomic E-state index is 4.64. The largest absolute Gasteiger partial charge is 0.316 e. The number of nitrogens with zero attached hydrogens (tertiary/aromatic N) is 3. The summed E-state index contributed by atoms with van der Waals surface area (Å²) in [6.07, 6.45) is 6.36. The van der Waals surface area contributed by atoms with E-state index in [2.05, 4.69) is 64.6 Å². The molecule has 0 bridgehead atoms. The van der Waals surface area contributed by atoms with Crippen molar-refractivity contribution in [2.24, 2.45) is 7.05 Å². The molecule has 3 heterocycles. The highest BCUT2D eigenvalue weighted by Gasteiger charge is 2.28. The zero-order valence-corrected chi connectivity index (χ0v) is 13.0. The minimum absolute atomic E-state index is 1.06. The first-order valence-corrected chi connectivity index (χ1v) is 7.67. The standard InChI is InChI=1S/C16H16N4S/c1-10-7-11(2)20-14(8-17-21-20)15(10)13-6-4-5-12-9-19(3)18-16(12)13/h4-9,17H,1-3H3. The van der Waals surface area contributed by atoms with Crippen molar-refractivity contribution in [3.05, 3.63) is 59.2 Å². The molecule has 1 N–H and O–H groups in total. The minimum atomic E-state index is 1.06. The Kier molecular flexibility index (Phi) is 2.65. The lowest BCUT2D eigenvalue weighted by Crippen LogP contribution is -2.15. The van der Waals surface area contributed by atoms with Crippen molar-refractivity contribution in [3.63, 3.8) is 0 Å². The SMILES string of the molecule is CC1=CC(C)=C(c2cccc3cn(C)nc23)C2=CNSN12. The number of allylic oxidation sites excluding steroid dienone is 4. The van der Waals surface area contributed by atoms with Crippen molar-refractivity contribution >= 4 is 28.6 Å². The van der Waals surface area contributed by atoms with E-state index in [-0.39, 0.29) is 0 Å². The molecule has 0 fully saturated rings. The molecule has 0 saturated heterocycles. The highest BCUT2D eigenvalue weighted by Crippen LogP contribution is 2.43. The smallest absolute Gasteiger partial charge is 0.100 e. The topological polar surface area (TPSA) is 33.1 Å². The number of aromatic nitrogens is 2. The highest BCUT2D eigenvalue weighted by atomic mass is 32.2. The van der Waals surface area contributed by atoms with Crippen LogP contribution in [0.15, 0.2) is 53.6 Å². The van der Waals surface area contributed by atoms with Crippen LogP contribution in [0.1, 0.15) is 19.4 Å². The van der Waals surface area contributed by atoms with Crippen molar-refractivity contribution in [2.45, 2.75) is 13.8 Å². The molecule has 2 aromatic rings. The van der Waals surface area contributed by atoms with E-state index in [1.54, 1.807) is 12.1 Å². The van der Waals surface area contributed by atoms with Crippen LogP contribution < -0.4 is 4.72 Å². The van der Waals surface area contributed by atoms with Crippen LogP contribution in [0.3, 0.4) is 0 Å². The molecular formula is C16H16N4S. The van der Waals surface area contributed by atoms with Gasteiger partial charge in [0.15, 0.2) is 0 Å². The van der Waals surface area contributed by atoms with E-state index >= 15 is 0 Å². The van der Waals surface area contributed by atoms with Gasteiger partial charge in [-0.25, -0.2) is 0 Å². The predicted octanol–water partition coefficient (Wildman–Crippen LogP) is 3.57. The Balaban J connectivity index is 2.01. The van der Waals surface area contributed by atoms with Gasteiger partial charge in [-0.05, 0) is 25.5 Å². The normalized spacial score (nSPS) is 17.8. The Morgan fingerprint density at radius 2 is 2.10 bits per heavy atom. The fourth-order valence-corrected chi connectivity index (χ4v) is 3.75. The summed E-state index contributed by atoms with van der Waals surface area (Å²) in [4.78, 5) is 0. The molecule has 5 heteroatoms. The highest BCUT2D eigenvalue weighted by molar-refractivity contribution is 7.95. The molecule has 0 amide bonds. The van der Waals surface area contributed by atoms with E-state index in [1.807, 2.05) is 11.7 Å². The second-order valence-corrected chi connectivity index (χ2v) is 6.21. The maximum atomic E-state index is 4.64. The first-order chi connectivity index (χ1) is 10.1.